The third-order valence-electron chi connectivity index (χ3n) is 1.82. The maximum Gasteiger partial charge on any atom is 0.488 e. The fourth-order valence-corrected chi connectivity index (χ4v) is 1.26. The van der Waals surface area contributed by atoms with E-state index in [0.29, 0.717) is 11.2 Å². The summed E-state index contributed by atoms with van der Waals surface area (Å²) < 4.78 is 0. The summed E-state index contributed by atoms with van der Waals surface area (Å²) in [5.74, 6) is 0. The van der Waals surface area contributed by atoms with Crippen LogP contribution in [0.2, 0.25) is 0 Å². The van der Waals surface area contributed by atoms with E-state index >= 15 is 0 Å². The van der Waals surface area contributed by atoms with Crippen LogP contribution < -0.4 is 16.5 Å². The fourth-order valence-electron chi connectivity index (χ4n) is 1.14. The zero-order valence-corrected chi connectivity index (χ0v) is 8.51. The van der Waals surface area contributed by atoms with Gasteiger partial charge in [0.25, 0.3) is 0 Å². The summed E-state index contributed by atoms with van der Waals surface area (Å²) in [4.78, 5) is 0. The molecule has 0 spiro atoms. The van der Waals surface area contributed by atoms with Gasteiger partial charge in [-0.2, -0.15) is 0 Å². The Morgan fingerprint density at radius 1 is 1.50 bits per heavy atom. The van der Waals surface area contributed by atoms with E-state index in [0.717, 1.165) is 5.56 Å². The molecule has 5 N–H and O–H groups in total. The van der Waals surface area contributed by atoms with E-state index in [9.17, 15) is 0 Å². The quantitative estimate of drug-likeness (QED) is 0.384. The zero-order chi connectivity index (χ0) is 10.7. The van der Waals surface area contributed by atoms with Crippen molar-refractivity contribution in [2.75, 3.05) is 5.32 Å². The second kappa shape index (κ2) is 4.41. The van der Waals surface area contributed by atoms with Crippen LogP contribution in [-0.4, -0.2) is 22.3 Å². The van der Waals surface area contributed by atoms with Crippen molar-refractivity contribution in [3.8, 4) is 0 Å². The lowest BCUT2D eigenvalue weighted by molar-refractivity contribution is 0.425. The predicted molar refractivity (Wildman–Crippen MR) is 61.4 cm³/mol. The van der Waals surface area contributed by atoms with E-state index < -0.39 is 7.12 Å². The molecule has 4 nitrogen and oxygen atoms in total. The number of aryl methyl sites for hydroxylation is 1. The maximum atomic E-state index is 9.03. The van der Waals surface area contributed by atoms with Gasteiger partial charge in [0.15, 0.2) is 5.11 Å². The average Bonchev–Trinajstić information content (AvgIpc) is 2.07. The van der Waals surface area contributed by atoms with Crippen molar-refractivity contribution in [3.63, 3.8) is 0 Å². The van der Waals surface area contributed by atoms with Gasteiger partial charge < -0.3 is 21.1 Å². The molecular formula is C8H11BN2O2S. The third-order valence-corrected chi connectivity index (χ3v) is 1.93. The van der Waals surface area contributed by atoms with Crippen molar-refractivity contribution < 1.29 is 10.0 Å². The van der Waals surface area contributed by atoms with Crippen LogP contribution in [0.3, 0.4) is 0 Å². The van der Waals surface area contributed by atoms with Crippen LogP contribution in [0.4, 0.5) is 5.69 Å². The molecule has 0 unspecified atom stereocenters. The van der Waals surface area contributed by atoms with E-state index in [1.807, 2.05) is 0 Å². The summed E-state index contributed by atoms with van der Waals surface area (Å²) in [6.45, 7) is 1.79. The number of nitrogens with two attached hydrogens (primary N) is 1. The number of benzene rings is 1. The van der Waals surface area contributed by atoms with Gasteiger partial charge in [-0.1, -0.05) is 11.6 Å². The molecule has 0 heterocycles. The predicted octanol–water partition coefficient (Wildman–Crippen LogP) is -0.670. The van der Waals surface area contributed by atoms with E-state index in [1.54, 1.807) is 25.1 Å². The average molecular weight is 210 g/mol. The maximum absolute atomic E-state index is 9.03. The zero-order valence-electron chi connectivity index (χ0n) is 7.69. The van der Waals surface area contributed by atoms with Crippen LogP contribution in [0.5, 0.6) is 0 Å². The van der Waals surface area contributed by atoms with Crippen molar-refractivity contribution in [2.45, 2.75) is 6.92 Å². The van der Waals surface area contributed by atoms with Gasteiger partial charge in [-0.3, -0.25) is 0 Å². The van der Waals surface area contributed by atoms with Gasteiger partial charge in [-0.05, 0) is 36.7 Å². The topological polar surface area (TPSA) is 78.5 Å². The Labute approximate surface area is 87.9 Å². The number of rotatable bonds is 2. The molecule has 6 heteroatoms. The summed E-state index contributed by atoms with van der Waals surface area (Å²) >= 11 is 4.66. The Morgan fingerprint density at radius 2 is 2.14 bits per heavy atom. The fraction of sp³-hybridized carbons (Fsp3) is 0.125. The lowest BCUT2D eigenvalue weighted by Crippen LogP contribution is -2.32. The molecule has 0 saturated carbocycles. The van der Waals surface area contributed by atoms with Crippen molar-refractivity contribution >= 4 is 35.6 Å². The highest BCUT2D eigenvalue weighted by atomic mass is 32.1. The van der Waals surface area contributed by atoms with Gasteiger partial charge in [0.1, 0.15) is 0 Å². The normalized spacial score (nSPS) is 9.64. The minimum absolute atomic E-state index is 0.146. The van der Waals surface area contributed by atoms with Crippen LogP contribution in [-0.2, 0) is 0 Å². The SMILES string of the molecule is Cc1ccc(NC(N)=S)cc1B(O)O. The van der Waals surface area contributed by atoms with Crippen LogP contribution in [0.25, 0.3) is 0 Å². The summed E-state index contributed by atoms with van der Waals surface area (Å²) in [5, 5.41) is 20.9. The van der Waals surface area contributed by atoms with Crippen LogP contribution in [0.1, 0.15) is 5.56 Å². The number of hydrogen-bond acceptors (Lipinski definition) is 3. The first kappa shape index (κ1) is 11.0. The standard InChI is InChI=1S/C8H11BN2O2S/c1-5-2-3-6(11-8(10)14)4-7(5)9(12)13/h2-4,12-13H,1H3,(H3,10,11,14). The monoisotopic (exact) mass is 210 g/mol. The summed E-state index contributed by atoms with van der Waals surface area (Å²) in [5.41, 5.74) is 7.16. The smallest absolute Gasteiger partial charge is 0.423 e. The van der Waals surface area contributed by atoms with Crippen LogP contribution >= 0.6 is 12.2 Å². The van der Waals surface area contributed by atoms with Gasteiger partial charge >= 0.3 is 7.12 Å². The van der Waals surface area contributed by atoms with Crippen molar-refractivity contribution in [3.05, 3.63) is 23.8 Å². The van der Waals surface area contributed by atoms with E-state index in [-0.39, 0.29) is 5.11 Å². The lowest BCUT2D eigenvalue weighted by atomic mass is 9.77. The minimum atomic E-state index is -1.48. The van der Waals surface area contributed by atoms with Gasteiger partial charge in [0.05, 0.1) is 0 Å². The molecule has 0 aliphatic carbocycles. The van der Waals surface area contributed by atoms with E-state index in [1.165, 1.54) is 0 Å². The number of nitrogens with one attached hydrogen (secondary N) is 1. The molecular weight excluding hydrogens is 199 g/mol. The van der Waals surface area contributed by atoms with Crippen molar-refractivity contribution in [1.29, 1.82) is 0 Å². The minimum Gasteiger partial charge on any atom is -0.423 e. The molecule has 0 fully saturated rings. The third kappa shape index (κ3) is 2.70. The largest absolute Gasteiger partial charge is 0.488 e. The molecule has 0 amide bonds. The first-order chi connectivity index (χ1) is 6.50. The Hall–Kier alpha value is -1.11. The molecule has 0 saturated heterocycles. The van der Waals surface area contributed by atoms with Gasteiger partial charge in [0, 0.05) is 5.69 Å². The van der Waals surface area contributed by atoms with Crippen LogP contribution in [0, 0.1) is 6.92 Å². The Morgan fingerprint density at radius 3 is 2.64 bits per heavy atom. The lowest BCUT2D eigenvalue weighted by Gasteiger charge is -2.08. The highest BCUT2D eigenvalue weighted by Gasteiger charge is 2.14. The van der Waals surface area contributed by atoms with E-state index in [4.69, 9.17) is 15.8 Å². The molecule has 1 aromatic rings. The Bertz CT molecular complexity index is 357. The molecule has 0 aromatic heterocycles. The van der Waals surface area contributed by atoms with Gasteiger partial charge in [0.2, 0.25) is 0 Å². The molecule has 0 radical (unpaired) electrons. The second-order valence-electron chi connectivity index (χ2n) is 2.93. The molecule has 1 rings (SSSR count). The van der Waals surface area contributed by atoms with Crippen molar-refractivity contribution in [2.24, 2.45) is 5.73 Å². The molecule has 0 aliphatic rings. The number of thiocarbonyl (C=S) groups is 1. The Kier molecular flexibility index (Phi) is 3.46. The van der Waals surface area contributed by atoms with Crippen molar-refractivity contribution in [1.82, 2.24) is 0 Å². The summed E-state index contributed by atoms with van der Waals surface area (Å²) in [6.07, 6.45) is 0. The highest BCUT2D eigenvalue weighted by Crippen LogP contribution is 2.06. The molecule has 0 bridgehead atoms. The summed E-state index contributed by atoms with van der Waals surface area (Å²) in [6, 6.07) is 5.12. The summed E-state index contributed by atoms with van der Waals surface area (Å²) in [7, 11) is -1.48. The molecule has 14 heavy (non-hydrogen) atoms. The first-order valence-electron chi connectivity index (χ1n) is 4.04. The number of hydrogen-bond donors (Lipinski definition) is 4. The molecule has 0 atom stereocenters. The van der Waals surface area contributed by atoms with Gasteiger partial charge in [-0.15, -0.1) is 0 Å². The second-order valence-corrected chi connectivity index (χ2v) is 3.37. The molecule has 1 aromatic carbocycles. The first-order valence-corrected chi connectivity index (χ1v) is 4.44. The van der Waals surface area contributed by atoms with E-state index in [2.05, 4.69) is 17.5 Å². The van der Waals surface area contributed by atoms with Gasteiger partial charge in [-0.25, -0.2) is 0 Å². The molecule has 74 valence electrons. The van der Waals surface area contributed by atoms with Crippen LogP contribution in [0.15, 0.2) is 18.2 Å². The Balaban J connectivity index is 3.00. The number of anilines is 1. The molecule has 0 aliphatic heterocycles. The highest BCUT2D eigenvalue weighted by molar-refractivity contribution is 7.80.